The van der Waals surface area contributed by atoms with E-state index in [2.05, 4.69) is 5.32 Å². The lowest BCUT2D eigenvalue weighted by molar-refractivity contribution is 0.102. The van der Waals surface area contributed by atoms with Crippen molar-refractivity contribution in [1.29, 1.82) is 0 Å². The Kier molecular flexibility index (Phi) is 7.52. The number of hydrogen-bond acceptors (Lipinski definition) is 5. The second kappa shape index (κ2) is 11.2. The molecule has 0 saturated carbocycles. The number of aromatic nitrogens is 3. The van der Waals surface area contributed by atoms with Crippen LogP contribution < -0.4 is 26.0 Å². The molecule has 9 heteroatoms. The molecule has 0 radical (unpaired) electrons. The first-order chi connectivity index (χ1) is 19.8. The number of aryl methyl sites for hydroxylation is 2. The number of benzene rings is 3. The van der Waals surface area contributed by atoms with Gasteiger partial charge in [0.25, 0.3) is 11.5 Å². The van der Waals surface area contributed by atoms with Gasteiger partial charge >= 0.3 is 5.69 Å². The Morgan fingerprint density at radius 2 is 1.51 bits per heavy atom. The van der Waals surface area contributed by atoms with Gasteiger partial charge in [0, 0.05) is 43.6 Å². The van der Waals surface area contributed by atoms with Crippen molar-refractivity contribution in [3.8, 4) is 28.4 Å². The van der Waals surface area contributed by atoms with Crippen LogP contribution in [0.2, 0.25) is 0 Å². The van der Waals surface area contributed by atoms with E-state index in [1.165, 1.54) is 11.6 Å². The molecule has 0 saturated heterocycles. The first-order valence-corrected chi connectivity index (χ1v) is 13.4. The van der Waals surface area contributed by atoms with Gasteiger partial charge in [-0.2, -0.15) is 0 Å². The van der Waals surface area contributed by atoms with Gasteiger partial charge in [0.1, 0.15) is 11.5 Å². The number of fused-ring (bicyclic) bond motifs is 1. The summed E-state index contributed by atoms with van der Waals surface area (Å²) in [5.41, 5.74) is 3.64. The Balaban J connectivity index is 1.82. The highest BCUT2D eigenvalue weighted by Gasteiger charge is 2.24. The molecule has 5 rings (SSSR count). The first kappa shape index (κ1) is 27.5. The van der Waals surface area contributed by atoms with Crippen LogP contribution in [0, 0.1) is 6.92 Å². The third-order valence-electron chi connectivity index (χ3n) is 7.04. The lowest BCUT2D eigenvalue weighted by atomic mass is 10.0. The molecule has 0 atom stereocenters. The van der Waals surface area contributed by atoms with E-state index in [0.717, 1.165) is 15.7 Å². The molecule has 2 heterocycles. The van der Waals surface area contributed by atoms with Gasteiger partial charge in [0.05, 0.1) is 41.2 Å². The predicted molar refractivity (Wildman–Crippen MR) is 161 cm³/mol. The SMILES string of the molecule is CCOc1cc(-n2cc3c(c2-c2ccccc2C)c(=O)n(C)c(=O)n3C)c(OCC)cc1NC(=O)c1ccccc1. The molecule has 210 valence electrons. The second-order valence-electron chi connectivity index (χ2n) is 9.63. The highest BCUT2D eigenvalue weighted by molar-refractivity contribution is 6.05. The number of carbonyl (C=O) groups excluding carboxylic acids is 1. The molecule has 9 nitrogen and oxygen atoms in total. The van der Waals surface area contributed by atoms with Gasteiger partial charge in [-0.3, -0.25) is 18.7 Å². The summed E-state index contributed by atoms with van der Waals surface area (Å²) in [7, 11) is 3.12. The predicted octanol–water partition coefficient (Wildman–Crippen LogP) is 5.05. The van der Waals surface area contributed by atoms with E-state index in [1.54, 1.807) is 49.6 Å². The summed E-state index contributed by atoms with van der Waals surface area (Å²) in [6.45, 7) is 6.42. The standard InChI is InChI=1S/C32H32N4O5/c1-6-40-26-18-24(27(41-7-2)17-23(26)33-30(37)21-14-9-8-10-15-21)36-19-25-28(31(38)35(5)32(39)34(25)4)29(36)22-16-12-11-13-20(22)3/h8-19H,6-7H2,1-5H3,(H,33,37). The Morgan fingerprint density at radius 1 is 0.854 bits per heavy atom. The smallest absolute Gasteiger partial charge is 0.330 e. The molecular weight excluding hydrogens is 520 g/mol. The van der Waals surface area contributed by atoms with E-state index in [0.29, 0.717) is 58.2 Å². The van der Waals surface area contributed by atoms with E-state index in [9.17, 15) is 14.4 Å². The van der Waals surface area contributed by atoms with Gasteiger partial charge in [0.15, 0.2) is 0 Å². The molecule has 0 aliphatic carbocycles. The van der Waals surface area contributed by atoms with Crippen LogP contribution in [0.4, 0.5) is 5.69 Å². The average Bonchev–Trinajstić information content (AvgIpc) is 3.37. The molecule has 2 aromatic heterocycles. The van der Waals surface area contributed by atoms with Crippen molar-refractivity contribution in [3.63, 3.8) is 0 Å². The summed E-state index contributed by atoms with van der Waals surface area (Å²) < 4.78 is 16.5. The molecule has 0 aliphatic rings. The number of carbonyl (C=O) groups is 1. The van der Waals surface area contributed by atoms with Gasteiger partial charge in [-0.05, 0) is 38.5 Å². The van der Waals surface area contributed by atoms with Crippen LogP contribution in [-0.2, 0) is 14.1 Å². The quantitative estimate of drug-likeness (QED) is 0.291. The van der Waals surface area contributed by atoms with E-state index in [4.69, 9.17) is 9.47 Å². The lowest BCUT2D eigenvalue weighted by Crippen LogP contribution is -2.36. The van der Waals surface area contributed by atoms with Crippen LogP contribution in [0.3, 0.4) is 0 Å². The van der Waals surface area contributed by atoms with Gasteiger partial charge in [0.2, 0.25) is 0 Å². The highest BCUT2D eigenvalue weighted by Crippen LogP contribution is 2.40. The van der Waals surface area contributed by atoms with Crippen molar-refractivity contribution in [2.75, 3.05) is 18.5 Å². The van der Waals surface area contributed by atoms with E-state index >= 15 is 0 Å². The average molecular weight is 553 g/mol. The minimum absolute atomic E-state index is 0.285. The molecule has 0 bridgehead atoms. The van der Waals surface area contributed by atoms with E-state index in [1.807, 2.05) is 55.7 Å². The second-order valence-corrected chi connectivity index (χ2v) is 9.63. The molecule has 0 spiro atoms. The molecular formula is C32H32N4O5. The summed E-state index contributed by atoms with van der Waals surface area (Å²) >= 11 is 0. The molecule has 0 aliphatic heterocycles. The molecule has 41 heavy (non-hydrogen) atoms. The van der Waals surface area contributed by atoms with Crippen molar-refractivity contribution in [3.05, 3.63) is 105 Å². The number of nitrogens with one attached hydrogen (secondary N) is 1. The van der Waals surface area contributed by atoms with Crippen molar-refractivity contribution in [2.45, 2.75) is 20.8 Å². The van der Waals surface area contributed by atoms with E-state index in [-0.39, 0.29) is 5.91 Å². The molecule has 3 aromatic carbocycles. The maximum atomic E-state index is 13.6. The fourth-order valence-corrected chi connectivity index (χ4v) is 5.00. The first-order valence-electron chi connectivity index (χ1n) is 13.4. The maximum absolute atomic E-state index is 13.6. The van der Waals surface area contributed by atoms with Crippen LogP contribution in [-0.4, -0.2) is 32.8 Å². The summed E-state index contributed by atoms with van der Waals surface area (Å²) in [6.07, 6.45) is 1.77. The van der Waals surface area contributed by atoms with Crippen molar-refractivity contribution in [1.82, 2.24) is 13.7 Å². The van der Waals surface area contributed by atoms with Crippen LogP contribution in [0.15, 0.2) is 82.5 Å². The Labute approximate surface area is 237 Å². The van der Waals surface area contributed by atoms with Gasteiger partial charge < -0.3 is 19.4 Å². The van der Waals surface area contributed by atoms with Gasteiger partial charge in [-0.1, -0.05) is 42.5 Å². The molecule has 0 unspecified atom stereocenters. The number of amides is 1. The topological polar surface area (TPSA) is 96.5 Å². The minimum Gasteiger partial charge on any atom is -0.492 e. The fourth-order valence-electron chi connectivity index (χ4n) is 5.00. The van der Waals surface area contributed by atoms with E-state index < -0.39 is 11.2 Å². The summed E-state index contributed by atoms with van der Waals surface area (Å²) in [6, 6.07) is 20.2. The number of hydrogen-bond donors (Lipinski definition) is 1. The zero-order valence-electron chi connectivity index (χ0n) is 23.7. The number of anilines is 1. The third-order valence-corrected chi connectivity index (χ3v) is 7.04. The van der Waals surface area contributed by atoms with Gasteiger partial charge in [-0.25, -0.2) is 4.79 Å². The fraction of sp³-hybridized carbons (Fsp3) is 0.219. The normalized spacial score (nSPS) is 11.0. The number of rotatable bonds is 8. The van der Waals surface area contributed by atoms with Crippen LogP contribution in [0.1, 0.15) is 29.8 Å². The van der Waals surface area contributed by atoms with Crippen LogP contribution >= 0.6 is 0 Å². The molecule has 1 N–H and O–H groups in total. The Hall–Kier alpha value is -5.05. The Bertz CT molecular complexity index is 1880. The maximum Gasteiger partial charge on any atom is 0.330 e. The van der Waals surface area contributed by atoms with Crippen molar-refractivity contribution >= 4 is 22.5 Å². The third kappa shape index (κ3) is 4.91. The zero-order valence-corrected chi connectivity index (χ0v) is 23.7. The highest BCUT2D eigenvalue weighted by atomic mass is 16.5. The van der Waals surface area contributed by atoms with Crippen molar-refractivity contribution in [2.24, 2.45) is 14.1 Å². The Morgan fingerprint density at radius 3 is 2.20 bits per heavy atom. The number of ether oxygens (including phenoxy) is 2. The molecule has 1 amide bonds. The summed E-state index contributed by atoms with van der Waals surface area (Å²) in [4.78, 5) is 39.5. The van der Waals surface area contributed by atoms with Gasteiger partial charge in [-0.15, -0.1) is 0 Å². The number of nitrogens with zero attached hydrogens (tertiary/aromatic N) is 3. The zero-order chi connectivity index (χ0) is 29.3. The summed E-state index contributed by atoms with van der Waals surface area (Å²) in [5, 5.41) is 3.36. The minimum atomic E-state index is -0.421. The van der Waals surface area contributed by atoms with Crippen LogP contribution in [0.5, 0.6) is 11.5 Å². The molecule has 0 fully saturated rings. The lowest BCUT2D eigenvalue weighted by Gasteiger charge is -2.20. The summed E-state index contributed by atoms with van der Waals surface area (Å²) in [5.74, 6) is 0.620. The molecule has 5 aromatic rings. The largest absolute Gasteiger partial charge is 0.492 e. The van der Waals surface area contributed by atoms with Crippen LogP contribution in [0.25, 0.3) is 27.8 Å². The monoisotopic (exact) mass is 552 g/mol. The van der Waals surface area contributed by atoms with Crippen molar-refractivity contribution < 1.29 is 14.3 Å².